The van der Waals surface area contributed by atoms with Gasteiger partial charge < -0.3 is 0 Å². The minimum Gasteiger partial charge on any atom is -0.260 e. The third kappa shape index (κ3) is 2.29. The van der Waals surface area contributed by atoms with Crippen molar-refractivity contribution in [2.45, 2.75) is 24.0 Å². The van der Waals surface area contributed by atoms with Crippen LogP contribution in [0.2, 0.25) is 0 Å². The van der Waals surface area contributed by atoms with Crippen LogP contribution >= 0.6 is 11.8 Å². The number of hydrogen-bond acceptors (Lipinski definition) is 5. The molecule has 0 aromatic carbocycles. The number of aromatic nitrogens is 4. The SMILES string of the molecule is Cc1cnc(Sc2c(C#N)c(C)nn2C)nc1. The second-order valence-corrected chi connectivity index (χ2v) is 4.60. The van der Waals surface area contributed by atoms with Crippen molar-refractivity contribution in [2.75, 3.05) is 0 Å². The summed E-state index contributed by atoms with van der Waals surface area (Å²) in [5, 5.41) is 14.7. The zero-order valence-electron chi connectivity index (χ0n) is 9.80. The van der Waals surface area contributed by atoms with E-state index in [-0.39, 0.29) is 0 Å². The molecule has 2 rings (SSSR count). The van der Waals surface area contributed by atoms with Gasteiger partial charge >= 0.3 is 0 Å². The van der Waals surface area contributed by atoms with Gasteiger partial charge in [-0.1, -0.05) is 0 Å². The Kier molecular flexibility index (Phi) is 3.11. The summed E-state index contributed by atoms with van der Waals surface area (Å²) in [4.78, 5) is 8.40. The highest BCUT2D eigenvalue weighted by Crippen LogP contribution is 2.28. The Morgan fingerprint density at radius 1 is 1.29 bits per heavy atom. The first kappa shape index (κ1) is 11.6. The Labute approximate surface area is 104 Å². The van der Waals surface area contributed by atoms with E-state index in [9.17, 15) is 0 Å². The molecule has 5 nitrogen and oxygen atoms in total. The van der Waals surface area contributed by atoms with Crippen molar-refractivity contribution >= 4 is 11.8 Å². The molecule has 0 aliphatic carbocycles. The van der Waals surface area contributed by atoms with E-state index in [0.717, 1.165) is 16.3 Å². The molecular weight excluding hydrogens is 234 g/mol. The highest BCUT2D eigenvalue weighted by Gasteiger charge is 2.15. The van der Waals surface area contributed by atoms with Crippen molar-refractivity contribution < 1.29 is 0 Å². The molecule has 2 aromatic heterocycles. The van der Waals surface area contributed by atoms with Crippen LogP contribution in [0.1, 0.15) is 16.8 Å². The van der Waals surface area contributed by atoms with Crippen LogP contribution in [0.4, 0.5) is 0 Å². The van der Waals surface area contributed by atoms with Gasteiger partial charge in [0.25, 0.3) is 0 Å². The monoisotopic (exact) mass is 245 g/mol. The van der Waals surface area contributed by atoms with Gasteiger partial charge in [0.2, 0.25) is 0 Å². The van der Waals surface area contributed by atoms with E-state index < -0.39 is 0 Å². The van der Waals surface area contributed by atoms with Gasteiger partial charge in [0, 0.05) is 19.4 Å². The van der Waals surface area contributed by atoms with E-state index in [1.807, 2.05) is 20.9 Å². The van der Waals surface area contributed by atoms with Crippen LogP contribution < -0.4 is 0 Å². The molecule has 0 bridgehead atoms. The van der Waals surface area contributed by atoms with Gasteiger partial charge in [-0.05, 0) is 31.2 Å². The smallest absolute Gasteiger partial charge is 0.193 e. The molecule has 0 N–H and O–H groups in total. The molecule has 2 aromatic rings. The largest absolute Gasteiger partial charge is 0.260 e. The Balaban J connectivity index is 2.36. The van der Waals surface area contributed by atoms with Crippen molar-refractivity contribution in [3.8, 4) is 6.07 Å². The molecule has 0 saturated carbocycles. The Morgan fingerprint density at radius 3 is 2.53 bits per heavy atom. The third-order valence-corrected chi connectivity index (χ3v) is 3.28. The van der Waals surface area contributed by atoms with E-state index in [1.165, 1.54) is 11.8 Å². The van der Waals surface area contributed by atoms with Crippen molar-refractivity contribution in [1.82, 2.24) is 19.7 Å². The van der Waals surface area contributed by atoms with E-state index in [2.05, 4.69) is 21.1 Å². The van der Waals surface area contributed by atoms with Gasteiger partial charge in [0.05, 0.1) is 5.69 Å². The van der Waals surface area contributed by atoms with Gasteiger partial charge in [0.1, 0.15) is 16.7 Å². The first-order valence-electron chi connectivity index (χ1n) is 5.02. The fraction of sp³-hybridized carbons (Fsp3) is 0.273. The molecule has 2 heterocycles. The maximum atomic E-state index is 9.08. The summed E-state index contributed by atoms with van der Waals surface area (Å²) in [6.45, 7) is 3.75. The molecule has 0 saturated heterocycles. The van der Waals surface area contributed by atoms with Crippen molar-refractivity contribution in [3.05, 3.63) is 29.2 Å². The zero-order chi connectivity index (χ0) is 12.4. The average Bonchev–Trinajstić information content (AvgIpc) is 2.57. The van der Waals surface area contributed by atoms with Crippen molar-refractivity contribution in [2.24, 2.45) is 7.05 Å². The summed E-state index contributed by atoms with van der Waals surface area (Å²) in [6, 6.07) is 2.16. The van der Waals surface area contributed by atoms with Crippen LogP contribution in [-0.4, -0.2) is 19.7 Å². The fourth-order valence-electron chi connectivity index (χ4n) is 1.40. The van der Waals surface area contributed by atoms with Crippen LogP contribution in [0, 0.1) is 25.2 Å². The van der Waals surface area contributed by atoms with E-state index in [0.29, 0.717) is 10.7 Å². The van der Waals surface area contributed by atoms with Crippen LogP contribution in [0.5, 0.6) is 0 Å². The molecule has 0 fully saturated rings. The Bertz CT molecular complexity index is 579. The lowest BCUT2D eigenvalue weighted by molar-refractivity contribution is 0.690. The van der Waals surface area contributed by atoms with Gasteiger partial charge in [-0.15, -0.1) is 0 Å². The molecule has 0 amide bonds. The molecule has 17 heavy (non-hydrogen) atoms. The van der Waals surface area contributed by atoms with E-state index in [1.54, 1.807) is 17.1 Å². The lowest BCUT2D eigenvalue weighted by atomic mass is 10.3. The highest BCUT2D eigenvalue weighted by atomic mass is 32.2. The number of hydrogen-bond donors (Lipinski definition) is 0. The lowest BCUT2D eigenvalue weighted by Crippen LogP contribution is -1.94. The van der Waals surface area contributed by atoms with E-state index >= 15 is 0 Å². The quantitative estimate of drug-likeness (QED) is 0.755. The summed E-state index contributed by atoms with van der Waals surface area (Å²) in [5.74, 6) is 0. The van der Waals surface area contributed by atoms with Gasteiger partial charge in [-0.3, -0.25) is 4.68 Å². The summed E-state index contributed by atoms with van der Waals surface area (Å²) in [5.41, 5.74) is 2.32. The second kappa shape index (κ2) is 4.55. The van der Waals surface area contributed by atoms with Crippen LogP contribution in [0.25, 0.3) is 0 Å². The van der Waals surface area contributed by atoms with Crippen LogP contribution in [0.15, 0.2) is 22.6 Å². The second-order valence-electron chi connectivity index (χ2n) is 3.65. The average molecular weight is 245 g/mol. The molecule has 0 aliphatic rings. The molecule has 6 heteroatoms. The van der Waals surface area contributed by atoms with Crippen LogP contribution in [0.3, 0.4) is 0 Å². The predicted molar refractivity (Wildman–Crippen MR) is 63.6 cm³/mol. The summed E-state index contributed by atoms with van der Waals surface area (Å²) in [7, 11) is 1.81. The first-order chi connectivity index (χ1) is 8.11. The van der Waals surface area contributed by atoms with Crippen molar-refractivity contribution in [1.29, 1.82) is 5.26 Å². The lowest BCUT2D eigenvalue weighted by Gasteiger charge is -2.01. The Hall–Kier alpha value is -1.87. The van der Waals surface area contributed by atoms with Gasteiger partial charge in [-0.25, -0.2) is 9.97 Å². The fourth-order valence-corrected chi connectivity index (χ4v) is 2.25. The predicted octanol–water partition coefficient (Wildman–Crippen LogP) is 1.85. The number of aryl methyl sites for hydroxylation is 3. The standard InChI is InChI=1S/C11H11N5S/c1-7-5-13-11(14-6-7)17-10-9(4-12)8(2)15-16(10)3/h5-6H,1-3H3. The maximum Gasteiger partial charge on any atom is 0.193 e. The summed E-state index contributed by atoms with van der Waals surface area (Å²) in [6.07, 6.45) is 3.51. The number of nitrogens with zero attached hydrogens (tertiary/aromatic N) is 5. The molecule has 86 valence electrons. The van der Waals surface area contributed by atoms with Crippen molar-refractivity contribution in [3.63, 3.8) is 0 Å². The number of nitriles is 1. The number of rotatable bonds is 2. The molecule has 0 unspecified atom stereocenters. The summed E-state index contributed by atoms with van der Waals surface area (Å²) >= 11 is 1.35. The van der Waals surface area contributed by atoms with E-state index in [4.69, 9.17) is 5.26 Å². The Morgan fingerprint density at radius 2 is 1.94 bits per heavy atom. The van der Waals surface area contributed by atoms with Gasteiger partial charge in [0.15, 0.2) is 5.16 Å². The maximum absolute atomic E-state index is 9.08. The van der Waals surface area contributed by atoms with Crippen LogP contribution in [-0.2, 0) is 7.05 Å². The minimum atomic E-state index is 0.585. The highest BCUT2D eigenvalue weighted by molar-refractivity contribution is 7.99. The third-order valence-electron chi connectivity index (χ3n) is 2.23. The minimum absolute atomic E-state index is 0.585. The first-order valence-corrected chi connectivity index (χ1v) is 5.83. The normalized spacial score (nSPS) is 10.2. The molecule has 0 aliphatic heterocycles. The topological polar surface area (TPSA) is 67.4 Å². The van der Waals surface area contributed by atoms with Gasteiger partial charge in [-0.2, -0.15) is 10.4 Å². The summed E-state index contributed by atoms with van der Waals surface area (Å²) < 4.78 is 1.68. The molecule has 0 radical (unpaired) electrons. The molecule has 0 spiro atoms. The molecular formula is C11H11N5S. The molecule has 0 atom stereocenters. The zero-order valence-corrected chi connectivity index (χ0v) is 10.6.